The Kier molecular flexibility index (Phi) is 11.6. The number of benzene rings is 2. The summed E-state index contributed by atoms with van der Waals surface area (Å²) in [6.07, 6.45) is 2.05. The molecule has 0 spiro atoms. The summed E-state index contributed by atoms with van der Waals surface area (Å²) in [4.78, 5) is 12.9. The fraction of sp³-hybridized carbons (Fsp3) is 0.419. The Bertz CT molecular complexity index is 961. The fourth-order valence-corrected chi connectivity index (χ4v) is 4.68. The van der Waals surface area contributed by atoms with Gasteiger partial charge < -0.3 is 0 Å². The van der Waals surface area contributed by atoms with Crippen molar-refractivity contribution in [1.29, 1.82) is 5.26 Å². The number of allylic oxidation sites excluding steroid dienone is 3. The lowest BCUT2D eigenvalue weighted by atomic mass is 9.70. The van der Waals surface area contributed by atoms with Crippen LogP contribution < -0.4 is 0 Å². The van der Waals surface area contributed by atoms with E-state index in [1.54, 1.807) is 0 Å². The third kappa shape index (κ3) is 7.57. The molecule has 0 radical (unpaired) electrons. The first-order valence-corrected chi connectivity index (χ1v) is 12.2. The lowest BCUT2D eigenvalue weighted by molar-refractivity contribution is -0.117. The summed E-state index contributed by atoms with van der Waals surface area (Å²) in [5, 5.41) is 10.0. The Labute approximate surface area is 202 Å². The minimum atomic E-state index is -0.300. The van der Waals surface area contributed by atoms with Crippen LogP contribution in [0, 0.1) is 16.7 Å². The summed E-state index contributed by atoms with van der Waals surface area (Å²) >= 11 is 0. The average molecular weight is 444 g/mol. The summed E-state index contributed by atoms with van der Waals surface area (Å²) in [6, 6.07) is 22.6. The number of nitriles is 1. The third-order valence-corrected chi connectivity index (χ3v) is 5.84. The molecule has 2 aromatic carbocycles. The summed E-state index contributed by atoms with van der Waals surface area (Å²) in [5.74, 6) is -0.172. The van der Waals surface area contributed by atoms with E-state index in [4.69, 9.17) is 0 Å². The van der Waals surface area contributed by atoms with E-state index in [-0.39, 0.29) is 23.0 Å². The second kappa shape index (κ2) is 13.6. The molecule has 3 rings (SSSR count). The van der Waals surface area contributed by atoms with Gasteiger partial charge >= 0.3 is 0 Å². The molecule has 1 aliphatic rings. The quantitative estimate of drug-likeness (QED) is 0.447. The number of ketones is 1. The molecule has 0 fully saturated rings. The number of carbonyl (C=O) groups is 1. The summed E-state index contributed by atoms with van der Waals surface area (Å²) in [7, 11) is 0. The molecule has 0 aromatic heterocycles. The van der Waals surface area contributed by atoms with Gasteiger partial charge in [0.1, 0.15) is 0 Å². The van der Waals surface area contributed by atoms with Crippen LogP contribution >= 0.6 is 0 Å². The van der Waals surface area contributed by atoms with Gasteiger partial charge in [0.05, 0.1) is 12.0 Å². The van der Waals surface area contributed by atoms with Gasteiger partial charge in [0, 0.05) is 17.9 Å². The van der Waals surface area contributed by atoms with Gasteiger partial charge in [-0.05, 0) is 41.9 Å². The molecule has 1 aliphatic carbocycles. The molecule has 0 bridgehead atoms. The third-order valence-electron chi connectivity index (χ3n) is 5.84. The van der Waals surface area contributed by atoms with Crippen LogP contribution in [0.5, 0.6) is 0 Å². The van der Waals surface area contributed by atoms with Crippen LogP contribution in [0.4, 0.5) is 0 Å². The first-order chi connectivity index (χ1) is 15.8. The van der Waals surface area contributed by atoms with E-state index in [0.717, 1.165) is 34.3 Å². The van der Waals surface area contributed by atoms with Crippen LogP contribution in [0.25, 0.3) is 0 Å². The van der Waals surface area contributed by atoms with Crippen molar-refractivity contribution >= 4 is 5.78 Å². The van der Waals surface area contributed by atoms with E-state index < -0.39 is 0 Å². The van der Waals surface area contributed by atoms with Gasteiger partial charge in [-0.2, -0.15) is 5.26 Å². The highest BCUT2D eigenvalue weighted by Gasteiger charge is 2.34. The largest absolute Gasteiger partial charge is 0.294 e. The highest BCUT2D eigenvalue weighted by molar-refractivity contribution is 6.01. The second-order valence-corrected chi connectivity index (χ2v) is 8.94. The van der Waals surface area contributed by atoms with Crippen LogP contribution in [0.2, 0.25) is 0 Å². The Morgan fingerprint density at radius 2 is 1.42 bits per heavy atom. The molecule has 0 N–H and O–H groups in total. The number of Topliss-reactive ketones (excluding diaryl/α,β-unsaturated/α-hetero) is 1. The van der Waals surface area contributed by atoms with Crippen LogP contribution in [-0.2, 0) is 4.79 Å². The molecular formula is C31H41NO. The Morgan fingerprint density at radius 1 is 0.939 bits per heavy atom. The van der Waals surface area contributed by atoms with E-state index in [0.29, 0.717) is 12.8 Å². The van der Waals surface area contributed by atoms with Crippen molar-refractivity contribution in [3.63, 3.8) is 0 Å². The molecule has 0 heterocycles. The molecule has 0 amide bonds. The van der Waals surface area contributed by atoms with Gasteiger partial charge in [-0.1, -0.05) is 114 Å². The van der Waals surface area contributed by atoms with Crippen LogP contribution in [0.1, 0.15) is 90.7 Å². The van der Waals surface area contributed by atoms with Gasteiger partial charge in [0.2, 0.25) is 0 Å². The first-order valence-electron chi connectivity index (χ1n) is 12.2. The Balaban J connectivity index is 0.00000129. The van der Waals surface area contributed by atoms with E-state index in [1.165, 1.54) is 0 Å². The van der Waals surface area contributed by atoms with Gasteiger partial charge in [0.15, 0.2) is 5.78 Å². The van der Waals surface area contributed by atoms with Crippen LogP contribution in [-0.4, -0.2) is 5.78 Å². The van der Waals surface area contributed by atoms with Crippen molar-refractivity contribution in [2.45, 2.75) is 79.6 Å². The Hall–Kier alpha value is -2.92. The predicted molar refractivity (Wildman–Crippen MR) is 141 cm³/mol. The number of hydrogen-bond acceptors (Lipinski definition) is 2. The standard InChI is InChI=1S/C27H29NO.2C2H6/c1-19(26-20(2)16-27(3,4)17-25(26)29)15-23(21-11-7-5-8-12-21)24(18-28)22-13-9-6-10-14-22;2*1-2/h5-14,23-24H,1,15-17H2,2-4H3;2*1-2H3. The number of carbonyl (C=O) groups excluding carboxylic acids is 1. The van der Waals surface area contributed by atoms with Crippen molar-refractivity contribution in [3.8, 4) is 6.07 Å². The molecule has 33 heavy (non-hydrogen) atoms. The summed E-state index contributed by atoms with van der Waals surface area (Å²) in [6.45, 7) is 18.6. The lowest BCUT2D eigenvalue weighted by Gasteiger charge is -2.33. The maximum Gasteiger partial charge on any atom is 0.163 e. The van der Waals surface area contributed by atoms with Crippen molar-refractivity contribution in [2.24, 2.45) is 5.41 Å². The number of nitrogens with zero attached hydrogens (tertiary/aromatic N) is 1. The predicted octanol–water partition coefficient (Wildman–Crippen LogP) is 8.78. The molecular weight excluding hydrogens is 402 g/mol. The SMILES string of the molecule is C=C(CC(c1ccccc1)C(C#N)c1ccccc1)C1=C(C)CC(C)(C)CC1=O.CC.CC. The molecule has 2 atom stereocenters. The zero-order valence-corrected chi connectivity index (χ0v) is 21.6. The van der Waals surface area contributed by atoms with E-state index in [2.05, 4.69) is 45.6 Å². The van der Waals surface area contributed by atoms with Crippen molar-refractivity contribution in [1.82, 2.24) is 0 Å². The monoisotopic (exact) mass is 443 g/mol. The zero-order chi connectivity index (χ0) is 25.0. The van der Waals surface area contributed by atoms with Gasteiger partial charge in [-0.25, -0.2) is 0 Å². The molecule has 2 nitrogen and oxygen atoms in total. The van der Waals surface area contributed by atoms with Crippen molar-refractivity contribution in [2.75, 3.05) is 0 Å². The normalized spacial score (nSPS) is 16.2. The maximum absolute atomic E-state index is 12.9. The molecule has 2 unspecified atom stereocenters. The van der Waals surface area contributed by atoms with E-state index in [1.807, 2.05) is 76.2 Å². The second-order valence-electron chi connectivity index (χ2n) is 8.94. The number of rotatable bonds is 6. The number of hydrogen-bond donors (Lipinski definition) is 0. The minimum absolute atomic E-state index is 0.00298. The fourth-order valence-electron chi connectivity index (χ4n) is 4.68. The van der Waals surface area contributed by atoms with Crippen LogP contribution in [0.3, 0.4) is 0 Å². The molecule has 176 valence electrons. The first kappa shape index (κ1) is 28.1. The van der Waals surface area contributed by atoms with Gasteiger partial charge in [-0.15, -0.1) is 0 Å². The molecule has 0 saturated heterocycles. The summed E-state index contributed by atoms with van der Waals surface area (Å²) < 4.78 is 0. The van der Waals surface area contributed by atoms with E-state index in [9.17, 15) is 10.1 Å². The Morgan fingerprint density at radius 3 is 1.88 bits per heavy atom. The average Bonchev–Trinajstić information content (AvgIpc) is 2.81. The van der Waals surface area contributed by atoms with Gasteiger partial charge in [0.25, 0.3) is 0 Å². The molecule has 0 saturated carbocycles. The highest BCUT2D eigenvalue weighted by Crippen LogP contribution is 2.43. The van der Waals surface area contributed by atoms with Gasteiger partial charge in [-0.3, -0.25) is 4.79 Å². The maximum atomic E-state index is 12.9. The topological polar surface area (TPSA) is 40.9 Å². The van der Waals surface area contributed by atoms with E-state index >= 15 is 0 Å². The molecule has 0 aliphatic heterocycles. The smallest absolute Gasteiger partial charge is 0.163 e. The minimum Gasteiger partial charge on any atom is -0.294 e. The van der Waals surface area contributed by atoms with Crippen molar-refractivity contribution in [3.05, 3.63) is 95.1 Å². The molecule has 2 aromatic rings. The summed E-state index contributed by atoms with van der Waals surface area (Å²) in [5.41, 5.74) is 4.88. The highest BCUT2D eigenvalue weighted by atomic mass is 16.1. The molecule has 2 heteroatoms. The zero-order valence-electron chi connectivity index (χ0n) is 21.6. The van der Waals surface area contributed by atoms with Crippen molar-refractivity contribution < 1.29 is 4.79 Å². The van der Waals surface area contributed by atoms with Crippen LogP contribution in [0.15, 0.2) is 84.0 Å². The lowest BCUT2D eigenvalue weighted by Crippen LogP contribution is -2.26.